The summed E-state index contributed by atoms with van der Waals surface area (Å²) in [6.07, 6.45) is 45.4. The van der Waals surface area contributed by atoms with Crippen molar-refractivity contribution >= 4 is 148 Å². The van der Waals surface area contributed by atoms with Gasteiger partial charge in [0.25, 0.3) is 0 Å². The van der Waals surface area contributed by atoms with Crippen LogP contribution in [0.15, 0.2) is 200 Å². The molecule has 0 spiro atoms. The molecule has 19 rings (SSSR count). The second kappa shape index (κ2) is 54.5. The van der Waals surface area contributed by atoms with Crippen molar-refractivity contribution in [1.29, 1.82) is 10.5 Å². The van der Waals surface area contributed by atoms with Crippen LogP contribution in [-0.4, -0.2) is 239 Å². The molecule has 0 unspecified atom stereocenters. The number of carbonyl (C=O) groups excluding carboxylic acids is 2. The minimum atomic E-state index is -1.15. The number of likely N-dealkylation sites (tertiary alicyclic amines) is 3. The van der Waals surface area contributed by atoms with E-state index in [1.165, 1.54) is 37.5 Å². The normalized spacial score (nSPS) is 16.1. The summed E-state index contributed by atoms with van der Waals surface area (Å²) in [4.78, 5) is 79.5. The van der Waals surface area contributed by atoms with Crippen LogP contribution in [0.4, 0.5) is 26.7 Å². The van der Waals surface area contributed by atoms with E-state index in [0.29, 0.717) is 97.5 Å². The number of nitrogens with zero attached hydrogens (tertiary/aromatic N) is 18. The zero-order chi connectivity index (χ0) is 105. The van der Waals surface area contributed by atoms with Crippen molar-refractivity contribution in [3.05, 3.63) is 188 Å². The summed E-state index contributed by atoms with van der Waals surface area (Å²) in [6, 6.07) is 18.3. The fraction of sp³-hybridized carbons (Fsp3) is 0.462. The highest BCUT2D eigenvalue weighted by molar-refractivity contribution is 9.10. The Labute approximate surface area is 879 Å². The summed E-state index contributed by atoms with van der Waals surface area (Å²) < 4.78 is 61.5. The Morgan fingerprint density at radius 3 is 1.36 bits per heavy atom. The van der Waals surface area contributed by atoms with Gasteiger partial charge in [0.1, 0.15) is 90.9 Å². The van der Waals surface area contributed by atoms with Gasteiger partial charge in [-0.2, -0.15) is 10.5 Å². The predicted molar refractivity (Wildman–Crippen MR) is 588 cm³/mol. The molecule has 0 aliphatic carbocycles. The van der Waals surface area contributed by atoms with E-state index in [4.69, 9.17) is 85.8 Å². The van der Waals surface area contributed by atoms with E-state index in [0.717, 1.165) is 210 Å². The standard InChI is InChI=1S/C26H39N5O4Si.C18H20N6O.C16H20ClN3O2Si.C15H17N5O.C13H18BrClN2OSi.C10H20N2O2.C3H3NO.C3H3N/c1-26(2,3)35-25(32)30-11-7-8-19(17-30)29-22-20-9-12-31(18-33-14-15-36(4,5)6)23(20)28-16-21(22)24-27-10-13-34-24;19-5-2-9-24-8-1-3-13(12-24)23-16-14-4-6-20-17(14)22-11-15(16)18-21-7-10-25-18;1-23(2,3)9-8-21-11-20-6-4-12-14(17)13(10-19-15(12)20)16-18-5-7-22-16;1-2-10(8-16-4-1)20-13-11-3-5-17-14(11)19-9-12(13)15-18-6-7-21-15;1-19(2,3)7-6-18-9-17-5-4-10-12(15)11(14)8-16-13(10)17;1-10(2,3)14-9(13)12-6-4-5-8(11)7-12;1-2-5-3-4-1;1-2-3-4/h9-10,12-13,16,19H,7-8,11,14-15,17-18H2,1-6H3,(H,28,29);4,6-7,10-11,13H,1-3,8-9,12H2,(H2,20,22,23);4-7,10H,8-9,11H2,1-3H3;3,5-7,9-10,16H,1-2,4,8H2,(H2,17,19,20);4-5,8H,6-7,9H2,1-3H3;8H,4-7,11H2,1-3H3;1-3H;2H,1H2/t19-;13-;;10-;;8-;;/m11.1.1../s1. The van der Waals surface area contributed by atoms with Crippen LogP contribution in [0.25, 0.3) is 101 Å². The first-order chi connectivity index (χ1) is 70.4. The first-order valence-corrected chi connectivity index (χ1v) is 62.4. The van der Waals surface area contributed by atoms with Crippen LogP contribution in [0.1, 0.15) is 99.3 Å². The van der Waals surface area contributed by atoms with Crippen molar-refractivity contribution in [2.24, 2.45) is 5.73 Å². The molecule has 4 atom stereocenters. The third kappa shape index (κ3) is 34.9. The van der Waals surface area contributed by atoms with Crippen LogP contribution >= 0.6 is 39.1 Å². The maximum atomic E-state index is 12.7. The fourth-order valence-corrected chi connectivity index (χ4v) is 19.3. The van der Waals surface area contributed by atoms with Gasteiger partial charge in [-0.3, -0.25) is 0 Å². The molecule has 37 nitrogen and oxygen atoms in total. The number of aromatic amines is 2. The van der Waals surface area contributed by atoms with Crippen LogP contribution in [0.2, 0.25) is 87.1 Å². The van der Waals surface area contributed by atoms with E-state index >= 15 is 0 Å². The van der Waals surface area contributed by atoms with Crippen LogP contribution < -0.4 is 27.0 Å². The smallest absolute Gasteiger partial charge is 0.410 e. The predicted octanol–water partition coefficient (Wildman–Crippen LogP) is 23.3. The lowest BCUT2D eigenvalue weighted by Crippen LogP contribution is -2.47. The average Bonchev–Trinajstić information content (AvgIpc) is 1.85. The maximum Gasteiger partial charge on any atom is 0.410 e. The first kappa shape index (κ1) is 113. The van der Waals surface area contributed by atoms with Gasteiger partial charge in [-0.25, -0.2) is 59.4 Å². The monoisotopic (exact) mass is 2160 g/mol. The molecule has 147 heavy (non-hydrogen) atoms. The SMILES string of the molecule is C=CC#N.CC(C)(C)OC(=O)N1CCC[C@@H](N)C1.CC(C)(C)OC(=O)N1CCC[C@@H](Nc2c(-c3ncco3)cnc3c2ccn3COCC[Si](C)(C)C)C1.C[Si](C)(C)CCOCn1ccc2c(Cl)c(-c3ncco3)cnc21.C[Si](C)(C)CCOCn1ccc2c(Cl)c(Br)cnc21.N#CCCN1CCC[C@@H](Nc2c(-c3ncco3)cnc3[nH]ccc23)C1.c1coc(-c2cnc3[nH]ccc3c2N[C@@H]2CCCNC2)n1.c1cocn1. The Morgan fingerprint density at radius 2 is 0.939 bits per heavy atom. The zero-order valence-corrected chi connectivity index (χ0v) is 93.0. The summed E-state index contributed by atoms with van der Waals surface area (Å²) in [7, 11) is -3.24. The van der Waals surface area contributed by atoms with E-state index < -0.39 is 35.4 Å². The lowest BCUT2D eigenvalue weighted by molar-refractivity contribution is 0.0193. The Kier molecular flexibility index (Phi) is 42.0. The van der Waals surface area contributed by atoms with E-state index in [1.54, 1.807) is 90.4 Å². The quantitative estimate of drug-likeness (QED) is 0.0143. The number of amides is 2. The lowest BCUT2D eigenvalue weighted by Gasteiger charge is -2.35. The largest absolute Gasteiger partial charge is 0.452 e. The molecule has 0 aromatic carbocycles. The molecule has 8 N–H and O–H groups in total. The van der Waals surface area contributed by atoms with Crippen molar-refractivity contribution in [1.82, 2.24) is 93.5 Å². The number of oxazole rings is 5. The number of allylic oxidation sites excluding steroid dienone is 1. The molecule has 43 heteroatoms. The number of hydrogen-bond acceptors (Lipinski definition) is 30. The number of pyridine rings is 5. The summed E-state index contributed by atoms with van der Waals surface area (Å²) in [5.41, 5.74) is 15.2. The van der Waals surface area contributed by atoms with Gasteiger partial charge in [0.15, 0.2) is 6.39 Å². The van der Waals surface area contributed by atoms with Crippen molar-refractivity contribution in [3.63, 3.8) is 0 Å². The first-order valence-electron chi connectivity index (χ1n) is 49.7. The number of fused-ring (bicyclic) bond motifs is 5. The van der Waals surface area contributed by atoms with Crippen molar-refractivity contribution < 1.29 is 55.4 Å². The number of hydrogen-bond donors (Lipinski definition) is 7. The average molecular weight is 2170 g/mol. The minimum absolute atomic E-state index is 0.0573. The molecule has 4 fully saturated rings. The van der Waals surface area contributed by atoms with Gasteiger partial charge >= 0.3 is 12.2 Å². The topological polar surface area (TPSA) is 453 Å². The molecule has 4 saturated heterocycles. The highest BCUT2D eigenvalue weighted by Crippen LogP contribution is 2.40. The minimum Gasteiger partial charge on any atom is -0.452 e. The maximum absolute atomic E-state index is 12.7. The summed E-state index contributed by atoms with van der Waals surface area (Å²) in [5, 5.41) is 37.0. The molecular weight excluding hydrogens is 2030 g/mol. The second-order valence-corrected chi connectivity index (χ2v) is 60.1. The van der Waals surface area contributed by atoms with Gasteiger partial charge in [0.2, 0.25) is 23.6 Å². The third-order valence-corrected chi connectivity index (χ3v) is 30.5. The second-order valence-electron chi connectivity index (χ2n) is 41.6. The third-order valence-electron chi connectivity index (χ3n) is 23.7. The molecule has 19 heterocycles. The van der Waals surface area contributed by atoms with Crippen molar-refractivity contribution in [2.45, 2.75) is 232 Å². The van der Waals surface area contributed by atoms with Gasteiger partial charge in [-0.15, -0.1) is 0 Å². The van der Waals surface area contributed by atoms with E-state index in [2.05, 4.69) is 173 Å². The van der Waals surface area contributed by atoms with Crippen LogP contribution in [0, 0.1) is 22.7 Å². The number of piperidine rings is 4. The van der Waals surface area contributed by atoms with Crippen LogP contribution in [0.5, 0.6) is 0 Å². The van der Waals surface area contributed by atoms with Gasteiger partial charge in [0, 0.05) is 215 Å². The van der Waals surface area contributed by atoms with E-state index in [1.807, 2.05) is 123 Å². The number of aromatic nitrogens is 15. The summed E-state index contributed by atoms with van der Waals surface area (Å²) in [5.74, 6) is 2.14. The Hall–Kier alpha value is -12.4. The molecule has 15 aromatic rings. The molecule has 0 bridgehead atoms. The number of H-pyrrole nitrogens is 2. The Bertz CT molecular complexity index is 6630. The summed E-state index contributed by atoms with van der Waals surface area (Å²) >= 11 is 16.1. The number of carbonyl (C=O) groups is 2. The zero-order valence-electron chi connectivity index (χ0n) is 86.9. The molecular formula is C104H140BrCl2N25O12Si3. The number of anilines is 3. The van der Waals surface area contributed by atoms with Crippen LogP contribution in [-0.2, 0) is 43.9 Å². The molecule has 0 saturated carbocycles. The number of rotatable bonds is 27. The molecule has 786 valence electrons. The Morgan fingerprint density at radius 1 is 0.524 bits per heavy atom. The number of halogens is 3. The molecule has 4 aliphatic rings. The molecule has 2 amide bonds. The number of ether oxygens (including phenoxy) is 5. The molecule has 0 radical (unpaired) electrons. The number of nitrogens with one attached hydrogen (secondary N) is 6. The Balaban J connectivity index is 0.000000157. The van der Waals surface area contributed by atoms with Crippen molar-refractivity contribution in [3.8, 4) is 58.0 Å². The number of nitrogens with two attached hydrogens (primary N) is 1. The van der Waals surface area contributed by atoms with Gasteiger partial charge in [-0.1, -0.05) is 88.7 Å². The highest BCUT2D eigenvalue weighted by Gasteiger charge is 2.33. The van der Waals surface area contributed by atoms with Crippen molar-refractivity contribution in [2.75, 3.05) is 94.7 Å². The number of nitriles is 2. The molecule has 4 aliphatic heterocycles. The van der Waals surface area contributed by atoms with E-state index in [9.17, 15) is 9.59 Å². The highest BCUT2D eigenvalue weighted by atomic mass is 79.9. The fourth-order valence-electron chi connectivity index (χ4n) is 16.2. The lowest BCUT2D eigenvalue weighted by atomic mass is 10.0. The van der Waals surface area contributed by atoms with Crippen LogP contribution in [0.3, 0.4) is 0 Å². The molecule has 15 aromatic heterocycles. The summed E-state index contributed by atoms with van der Waals surface area (Å²) in [6.45, 7) is 46.8. The van der Waals surface area contributed by atoms with Gasteiger partial charge in [0.05, 0.1) is 97.0 Å². The van der Waals surface area contributed by atoms with Gasteiger partial charge < -0.3 is 111 Å². The van der Waals surface area contributed by atoms with E-state index in [-0.39, 0.29) is 24.3 Å². The van der Waals surface area contributed by atoms with Gasteiger partial charge in [-0.05, 0) is 170 Å².